The van der Waals surface area contributed by atoms with Gasteiger partial charge in [0, 0.05) is 31.6 Å². The van der Waals surface area contributed by atoms with Crippen LogP contribution >= 0.6 is 22.7 Å². The molecular weight excluding hydrogens is 402 g/mol. The maximum Gasteiger partial charge on any atom is 0.409 e. The Morgan fingerprint density at radius 2 is 1.86 bits per heavy atom. The summed E-state index contributed by atoms with van der Waals surface area (Å²) in [5.74, 6) is -0.754. The molecular formula is C18H21N3O5S2. The molecule has 0 saturated carbocycles. The maximum atomic E-state index is 12.2. The van der Waals surface area contributed by atoms with E-state index >= 15 is 0 Å². The third-order valence-electron chi connectivity index (χ3n) is 4.12. The van der Waals surface area contributed by atoms with Crippen LogP contribution in [0.1, 0.15) is 12.6 Å². The highest BCUT2D eigenvalue weighted by Gasteiger charge is 2.25. The number of rotatable bonds is 6. The van der Waals surface area contributed by atoms with Crippen LogP contribution in [0.5, 0.6) is 0 Å². The highest BCUT2D eigenvalue weighted by molar-refractivity contribution is 7.20. The van der Waals surface area contributed by atoms with Gasteiger partial charge in [0.1, 0.15) is 5.01 Å². The maximum absolute atomic E-state index is 12.2. The molecule has 0 aromatic carbocycles. The van der Waals surface area contributed by atoms with Gasteiger partial charge in [-0.3, -0.25) is 9.59 Å². The van der Waals surface area contributed by atoms with E-state index in [1.807, 2.05) is 22.9 Å². The number of hydrogen-bond acceptors (Lipinski definition) is 8. The molecule has 1 aliphatic rings. The molecule has 0 unspecified atom stereocenters. The van der Waals surface area contributed by atoms with E-state index in [0.29, 0.717) is 38.5 Å². The van der Waals surface area contributed by atoms with E-state index in [2.05, 4.69) is 4.98 Å². The van der Waals surface area contributed by atoms with Gasteiger partial charge in [-0.05, 0) is 18.4 Å². The third-order valence-corrected chi connectivity index (χ3v) is 6.05. The second-order valence-corrected chi connectivity index (χ2v) is 7.83. The molecule has 150 valence electrons. The minimum atomic E-state index is -0.485. The SMILES string of the molecule is CCOC(=O)N1CCN(C(=O)COC(=O)Cc2csc(-c3cccs3)n2)CC1. The second kappa shape index (κ2) is 9.65. The Kier molecular flexibility index (Phi) is 6.99. The third kappa shape index (κ3) is 5.29. The monoisotopic (exact) mass is 423 g/mol. The van der Waals surface area contributed by atoms with Gasteiger partial charge in [-0.25, -0.2) is 9.78 Å². The number of aromatic nitrogens is 1. The predicted octanol–water partition coefficient (Wildman–Crippen LogP) is 2.26. The minimum absolute atomic E-state index is 0.0335. The van der Waals surface area contributed by atoms with Crippen molar-refractivity contribution in [2.24, 2.45) is 0 Å². The number of thiazole rings is 1. The normalized spacial score (nSPS) is 14.0. The Bertz CT molecular complexity index is 813. The first-order valence-corrected chi connectivity index (χ1v) is 10.7. The van der Waals surface area contributed by atoms with Gasteiger partial charge in [0.05, 0.1) is 23.6 Å². The predicted molar refractivity (Wildman–Crippen MR) is 105 cm³/mol. The van der Waals surface area contributed by atoms with Crippen molar-refractivity contribution >= 4 is 40.6 Å². The summed E-state index contributed by atoms with van der Waals surface area (Å²) in [7, 11) is 0. The fourth-order valence-electron chi connectivity index (χ4n) is 2.69. The van der Waals surface area contributed by atoms with Gasteiger partial charge in [0.25, 0.3) is 5.91 Å². The molecule has 28 heavy (non-hydrogen) atoms. The van der Waals surface area contributed by atoms with Crippen LogP contribution in [0, 0.1) is 0 Å². The zero-order valence-corrected chi connectivity index (χ0v) is 17.1. The van der Waals surface area contributed by atoms with Crippen LogP contribution in [0.15, 0.2) is 22.9 Å². The van der Waals surface area contributed by atoms with Crippen LogP contribution in [0.4, 0.5) is 4.79 Å². The molecule has 3 heterocycles. The van der Waals surface area contributed by atoms with E-state index in [9.17, 15) is 14.4 Å². The summed E-state index contributed by atoms with van der Waals surface area (Å²) >= 11 is 3.07. The molecule has 8 nitrogen and oxygen atoms in total. The lowest BCUT2D eigenvalue weighted by Gasteiger charge is -2.33. The summed E-state index contributed by atoms with van der Waals surface area (Å²) in [6.07, 6.45) is -0.336. The molecule has 3 rings (SSSR count). The van der Waals surface area contributed by atoms with Crippen LogP contribution < -0.4 is 0 Å². The average Bonchev–Trinajstić information content (AvgIpc) is 3.38. The lowest BCUT2D eigenvalue weighted by molar-refractivity contribution is -0.152. The highest BCUT2D eigenvalue weighted by atomic mass is 32.1. The van der Waals surface area contributed by atoms with Gasteiger partial charge in [0.2, 0.25) is 0 Å². The van der Waals surface area contributed by atoms with Crippen LogP contribution in [0.25, 0.3) is 9.88 Å². The Morgan fingerprint density at radius 1 is 1.11 bits per heavy atom. The summed E-state index contributed by atoms with van der Waals surface area (Å²) < 4.78 is 10.1. The Morgan fingerprint density at radius 3 is 2.54 bits per heavy atom. The first-order chi connectivity index (χ1) is 13.6. The summed E-state index contributed by atoms with van der Waals surface area (Å²) in [5.41, 5.74) is 0.633. The fraction of sp³-hybridized carbons (Fsp3) is 0.444. The topological polar surface area (TPSA) is 89.0 Å². The summed E-state index contributed by atoms with van der Waals surface area (Å²) in [6, 6.07) is 3.93. The summed E-state index contributed by atoms with van der Waals surface area (Å²) in [5, 5.41) is 4.67. The molecule has 0 bridgehead atoms. The van der Waals surface area contributed by atoms with Gasteiger partial charge in [-0.15, -0.1) is 22.7 Å². The van der Waals surface area contributed by atoms with Gasteiger partial charge < -0.3 is 19.3 Å². The number of hydrogen-bond donors (Lipinski definition) is 0. The molecule has 1 saturated heterocycles. The van der Waals surface area contributed by atoms with E-state index in [1.165, 1.54) is 11.3 Å². The van der Waals surface area contributed by atoms with Gasteiger partial charge in [-0.2, -0.15) is 0 Å². The summed E-state index contributed by atoms with van der Waals surface area (Å²) in [6.45, 7) is 3.37. The minimum Gasteiger partial charge on any atom is -0.455 e. The number of thiophene rings is 1. The van der Waals surface area contributed by atoms with E-state index in [-0.39, 0.29) is 25.0 Å². The average molecular weight is 424 g/mol. The number of amides is 2. The van der Waals surface area contributed by atoms with Gasteiger partial charge >= 0.3 is 12.1 Å². The molecule has 0 N–H and O–H groups in total. The quantitative estimate of drug-likeness (QED) is 0.662. The Balaban J connectivity index is 1.40. The van der Waals surface area contributed by atoms with Crippen LogP contribution in [0.2, 0.25) is 0 Å². The molecule has 1 fully saturated rings. The van der Waals surface area contributed by atoms with Crippen molar-refractivity contribution in [3.05, 3.63) is 28.6 Å². The van der Waals surface area contributed by atoms with Crippen LogP contribution in [-0.2, 0) is 25.5 Å². The molecule has 0 spiro atoms. The van der Waals surface area contributed by atoms with Gasteiger partial charge in [-0.1, -0.05) is 6.07 Å². The molecule has 0 atom stereocenters. The zero-order chi connectivity index (χ0) is 19.9. The van der Waals surface area contributed by atoms with Crippen LogP contribution in [0.3, 0.4) is 0 Å². The molecule has 2 aromatic heterocycles. The molecule has 0 radical (unpaired) electrons. The van der Waals surface area contributed by atoms with Crippen LogP contribution in [-0.4, -0.2) is 72.1 Å². The van der Waals surface area contributed by atoms with Crippen molar-refractivity contribution < 1.29 is 23.9 Å². The first-order valence-electron chi connectivity index (χ1n) is 8.90. The number of nitrogens with zero attached hydrogens (tertiary/aromatic N) is 3. The molecule has 0 aliphatic carbocycles. The molecule has 2 amide bonds. The van der Waals surface area contributed by atoms with E-state index < -0.39 is 5.97 Å². The molecule has 2 aromatic rings. The van der Waals surface area contributed by atoms with Crippen molar-refractivity contribution in [2.45, 2.75) is 13.3 Å². The number of ether oxygens (including phenoxy) is 2. The van der Waals surface area contributed by atoms with Crippen molar-refractivity contribution in [1.29, 1.82) is 0 Å². The highest BCUT2D eigenvalue weighted by Crippen LogP contribution is 2.27. The van der Waals surface area contributed by atoms with E-state index in [4.69, 9.17) is 9.47 Å². The van der Waals surface area contributed by atoms with E-state index in [1.54, 1.807) is 28.1 Å². The fourth-order valence-corrected chi connectivity index (χ4v) is 4.32. The number of esters is 1. The zero-order valence-electron chi connectivity index (χ0n) is 15.5. The Hall–Kier alpha value is -2.46. The lowest BCUT2D eigenvalue weighted by atomic mass is 10.3. The van der Waals surface area contributed by atoms with E-state index in [0.717, 1.165) is 9.88 Å². The van der Waals surface area contributed by atoms with Gasteiger partial charge in [0.15, 0.2) is 6.61 Å². The summed E-state index contributed by atoms with van der Waals surface area (Å²) in [4.78, 5) is 44.5. The van der Waals surface area contributed by atoms with Crippen molar-refractivity contribution in [3.63, 3.8) is 0 Å². The number of piperazine rings is 1. The van der Waals surface area contributed by atoms with Crippen molar-refractivity contribution in [1.82, 2.24) is 14.8 Å². The molecule has 10 heteroatoms. The Labute approximate surface area is 170 Å². The van der Waals surface area contributed by atoms with Crippen molar-refractivity contribution in [2.75, 3.05) is 39.4 Å². The number of carbonyl (C=O) groups is 3. The molecule has 1 aliphatic heterocycles. The number of carbonyl (C=O) groups excluding carboxylic acids is 3. The largest absolute Gasteiger partial charge is 0.455 e. The lowest BCUT2D eigenvalue weighted by Crippen LogP contribution is -2.51. The second-order valence-electron chi connectivity index (χ2n) is 6.03. The first kappa shape index (κ1) is 20.3. The van der Waals surface area contributed by atoms with Crippen molar-refractivity contribution in [3.8, 4) is 9.88 Å². The smallest absolute Gasteiger partial charge is 0.409 e. The standard InChI is InChI=1S/C18H21N3O5S2/c1-2-25-18(24)21-7-5-20(6-8-21)15(22)11-26-16(23)10-13-12-28-17(19-13)14-4-3-9-27-14/h3-4,9,12H,2,5-8,10-11H2,1H3.